The highest BCUT2D eigenvalue weighted by atomic mass is 16.6. The molecule has 0 spiro atoms. The first kappa shape index (κ1) is 15.0. The molecule has 1 saturated heterocycles. The van der Waals surface area contributed by atoms with Crippen molar-refractivity contribution in [1.29, 1.82) is 0 Å². The number of hydrogen-bond donors (Lipinski definition) is 0. The summed E-state index contributed by atoms with van der Waals surface area (Å²) in [6, 6.07) is -0.189. The molecular weight excluding hydrogens is 262 g/mol. The second kappa shape index (κ2) is 6.34. The van der Waals surface area contributed by atoms with E-state index in [0.29, 0.717) is 18.8 Å². The third-order valence-corrected chi connectivity index (χ3v) is 3.66. The molecule has 0 bridgehead atoms. The summed E-state index contributed by atoms with van der Waals surface area (Å²) in [6.07, 6.45) is 2.86. The molecule has 7 nitrogen and oxygen atoms in total. The van der Waals surface area contributed by atoms with Gasteiger partial charge >= 0.3 is 0 Å². The number of aromatic nitrogens is 2. The van der Waals surface area contributed by atoms with Crippen LogP contribution in [-0.4, -0.2) is 73.3 Å². The van der Waals surface area contributed by atoms with Crippen molar-refractivity contribution in [2.24, 2.45) is 7.05 Å². The van der Waals surface area contributed by atoms with Crippen LogP contribution in [0.1, 0.15) is 10.4 Å². The van der Waals surface area contributed by atoms with Gasteiger partial charge in [-0.05, 0) is 0 Å². The Morgan fingerprint density at radius 2 is 2.20 bits per heavy atom. The third kappa shape index (κ3) is 2.84. The molecule has 1 aromatic rings. The van der Waals surface area contributed by atoms with Crippen LogP contribution in [0.2, 0.25) is 0 Å². The minimum atomic E-state index is -0.209. The van der Waals surface area contributed by atoms with Crippen molar-refractivity contribution in [3.8, 4) is 0 Å². The second-order valence-electron chi connectivity index (χ2n) is 4.90. The number of carbonyl (C=O) groups excluding carboxylic acids is 1. The summed E-state index contributed by atoms with van der Waals surface area (Å²) >= 11 is 0. The van der Waals surface area contributed by atoms with E-state index in [-0.39, 0.29) is 24.2 Å². The molecule has 112 valence electrons. The Balaban J connectivity index is 2.14. The van der Waals surface area contributed by atoms with Crippen LogP contribution >= 0.6 is 0 Å². The predicted molar refractivity (Wildman–Crippen MR) is 71.5 cm³/mol. The van der Waals surface area contributed by atoms with Gasteiger partial charge in [-0.25, -0.2) is 0 Å². The molecular formula is C13H21N3O4. The van der Waals surface area contributed by atoms with Crippen LogP contribution in [0.4, 0.5) is 0 Å². The molecule has 0 unspecified atom stereocenters. The summed E-state index contributed by atoms with van der Waals surface area (Å²) in [5.41, 5.74) is 0.546. The molecule has 0 aliphatic carbocycles. The molecule has 0 N–H and O–H groups in total. The number of methoxy groups -OCH3 is 2. The molecule has 1 aromatic heterocycles. The molecule has 0 radical (unpaired) electrons. The van der Waals surface area contributed by atoms with Crippen LogP contribution in [0.15, 0.2) is 12.4 Å². The van der Waals surface area contributed by atoms with Crippen molar-refractivity contribution in [3.63, 3.8) is 0 Å². The van der Waals surface area contributed by atoms with Crippen LogP contribution in [-0.2, 0) is 21.3 Å². The SMILES string of the molecule is CO[C@H]1[C@H](N(C)C(=O)c2cnn(C)c2)COC[C@H]1OC. The van der Waals surface area contributed by atoms with Crippen LogP contribution in [0.3, 0.4) is 0 Å². The van der Waals surface area contributed by atoms with Crippen molar-refractivity contribution in [2.75, 3.05) is 34.5 Å². The molecule has 1 aliphatic rings. The van der Waals surface area contributed by atoms with Gasteiger partial charge in [-0.3, -0.25) is 9.48 Å². The highest BCUT2D eigenvalue weighted by molar-refractivity contribution is 5.93. The van der Waals surface area contributed by atoms with Gasteiger partial charge in [-0.1, -0.05) is 0 Å². The van der Waals surface area contributed by atoms with Crippen LogP contribution < -0.4 is 0 Å². The maximum absolute atomic E-state index is 12.4. The van der Waals surface area contributed by atoms with Gasteiger partial charge in [0.2, 0.25) is 0 Å². The zero-order valence-corrected chi connectivity index (χ0v) is 12.3. The van der Waals surface area contributed by atoms with Gasteiger partial charge in [-0.15, -0.1) is 0 Å². The number of ether oxygens (including phenoxy) is 3. The Labute approximate surface area is 118 Å². The lowest BCUT2D eigenvalue weighted by Gasteiger charge is -2.40. The topological polar surface area (TPSA) is 65.8 Å². The Bertz CT molecular complexity index is 462. The highest BCUT2D eigenvalue weighted by Crippen LogP contribution is 2.20. The monoisotopic (exact) mass is 283 g/mol. The Morgan fingerprint density at radius 3 is 2.75 bits per heavy atom. The number of rotatable bonds is 4. The van der Waals surface area contributed by atoms with Gasteiger partial charge in [0.1, 0.15) is 12.2 Å². The molecule has 1 amide bonds. The molecule has 1 fully saturated rings. The minimum Gasteiger partial charge on any atom is -0.376 e. The van der Waals surface area contributed by atoms with Crippen LogP contribution in [0.5, 0.6) is 0 Å². The molecule has 2 rings (SSSR count). The number of nitrogens with zero attached hydrogens (tertiary/aromatic N) is 3. The Kier molecular flexibility index (Phi) is 4.74. The number of amides is 1. The first-order valence-corrected chi connectivity index (χ1v) is 6.47. The third-order valence-electron chi connectivity index (χ3n) is 3.66. The number of aryl methyl sites for hydroxylation is 1. The molecule has 0 saturated carbocycles. The minimum absolute atomic E-state index is 0.106. The van der Waals surface area contributed by atoms with E-state index in [1.165, 1.54) is 0 Å². The van der Waals surface area contributed by atoms with Gasteiger partial charge in [0, 0.05) is 34.5 Å². The molecule has 1 aliphatic heterocycles. The van der Waals surface area contributed by atoms with Crippen molar-refractivity contribution in [1.82, 2.24) is 14.7 Å². The van der Waals surface area contributed by atoms with Crippen LogP contribution in [0.25, 0.3) is 0 Å². The predicted octanol–water partition coefficient (Wildman–Crippen LogP) is -0.0791. The molecule has 0 aromatic carbocycles. The fourth-order valence-electron chi connectivity index (χ4n) is 2.47. The smallest absolute Gasteiger partial charge is 0.257 e. The van der Waals surface area contributed by atoms with E-state index < -0.39 is 0 Å². The van der Waals surface area contributed by atoms with Gasteiger partial charge in [-0.2, -0.15) is 5.10 Å². The molecule has 7 heteroatoms. The summed E-state index contributed by atoms with van der Waals surface area (Å²) in [7, 11) is 6.76. The lowest BCUT2D eigenvalue weighted by Crippen LogP contribution is -2.57. The van der Waals surface area contributed by atoms with Crippen molar-refractivity contribution in [2.45, 2.75) is 18.2 Å². The molecule has 20 heavy (non-hydrogen) atoms. The van der Waals surface area contributed by atoms with Gasteiger partial charge in [0.15, 0.2) is 0 Å². The van der Waals surface area contributed by atoms with Crippen molar-refractivity contribution in [3.05, 3.63) is 18.0 Å². The fourth-order valence-corrected chi connectivity index (χ4v) is 2.47. The lowest BCUT2D eigenvalue weighted by molar-refractivity contribution is -0.147. The second-order valence-corrected chi connectivity index (χ2v) is 4.90. The van der Waals surface area contributed by atoms with E-state index in [1.807, 2.05) is 0 Å². The quantitative estimate of drug-likeness (QED) is 0.773. The maximum Gasteiger partial charge on any atom is 0.257 e. The zero-order valence-electron chi connectivity index (χ0n) is 12.3. The normalized spacial score (nSPS) is 26.5. The summed E-state index contributed by atoms with van der Waals surface area (Å²) in [6.45, 7) is 0.904. The van der Waals surface area contributed by atoms with E-state index in [4.69, 9.17) is 14.2 Å². The lowest BCUT2D eigenvalue weighted by atomic mass is 10.0. The largest absolute Gasteiger partial charge is 0.376 e. The summed E-state index contributed by atoms with van der Waals surface area (Å²) in [4.78, 5) is 14.1. The summed E-state index contributed by atoms with van der Waals surface area (Å²) in [5.74, 6) is -0.106. The summed E-state index contributed by atoms with van der Waals surface area (Å²) in [5, 5.41) is 4.02. The van der Waals surface area contributed by atoms with Gasteiger partial charge < -0.3 is 19.1 Å². The summed E-state index contributed by atoms with van der Waals surface area (Å²) < 4.78 is 18.0. The fraction of sp³-hybridized carbons (Fsp3) is 0.692. The first-order chi connectivity index (χ1) is 9.58. The Hall–Kier alpha value is -1.44. The van der Waals surface area contributed by atoms with Crippen molar-refractivity contribution < 1.29 is 19.0 Å². The Morgan fingerprint density at radius 1 is 1.45 bits per heavy atom. The van der Waals surface area contributed by atoms with Crippen LogP contribution in [0, 0.1) is 0 Å². The average Bonchev–Trinajstić information content (AvgIpc) is 2.91. The number of carbonyl (C=O) groups is 1. The zero-order chi connectivity index (χ0) is 14.7. The van der Waals surface area contributed by atoms with E-state index in [2.05, 4.69) is 5.10 Å². The first-order valence-electron chi connectivity index (χ1n) is 6.47. The van der Waals surface area contributed by atoms with E-state index in [1.54, 1.807) is 50.3 Å². The molecule has 2 heterocycles. The molecule has 3 atom stereocenters. The number of likely N-dealkylation sites (N-methyl/N-ethyl adjacent to an activating group) is 1. The highest BCUT2D eigenvalue weighted by Gasteiger charge is 2.38. The van der Waals surface area contributed by atoms with Crippen molar-refractivity contribution >= 4 is 5.91 Å². The number of hydrogen-bond acceptors (Lipinski definition) is 5. The standard InChI is InChI=1S/C13H21N3O4/c1-15-6-9(5-14-15)13(17)16(2)10-7-20-8-11(18-3)12(10)19-4/h5-6,10-12H,7-8H2,1-4H3/t10-,11-,12+/m1/s1. The maximum atomic E-state index is 12.4. The van der Waals surface area contributed by atoms with E-state index in [9.17, 15) is 4.79 Å². The van der Waals surface area contributed by atoms with Gasteiger partial charge in [0.05, 0.1) is 31.0 Å². The van der Waals surface area contributed by atoms with E-state index in [0.717, 1.165) is 0 Å². The van der Waals surface area contributed by atoms with E-state index >= 15 is 0 Å². The van der Waals surface area contributed by atoms with Gasteiger partial charge in [0.25, 0.3) is 5.91 Å². The average molecular weight is 283 g/mol.